The number of aliphatic carboxylic acids is 1. The van der Waals surface area contributed by atoms with Gasteiger partial charge in [-0.2, -0.15) is 0 Å². The summed E-state index contributed by atoms with van der Waals surface area (Å²) >= 11 is 0. The van der Waals surface area contributed by atoms with Gasteiger partial charge in [0.2, 0.25) is 5.91 Å². The van der Waals surface area contributed by atoms with Crippen LogP contribution in [0.3, 0.4) is 0 Å². The van der Waals surface area contributed by atoms with E-state index in [-0.39, 0.29) is 5.91 Å². The molecule has 102 valence electrons. The number of rotatable bonds is 5. The number of benzene rings is 1. The Bertz CT molecular complexity index is 468. The third-order valence-electron chi connectivity index (χ3n) is 3.75. The standard InChI is InChI=1S/C14H17NO4/c16-9-11(12(17)18)15-13(19)14(7-4-8-14)10-5-2-1-3-6-10/h1-3,5-6,11,16H,4,7-9H2,(H,15,19)(H,17,18). The van der Waals surface area contributed by atoms with Crippen LogP contribution in [0.1, 0.15) is 24.8 Å². The van der Waals surface area contributed by atoms with Gasteiger partial charge in [0.15, 0.2) is 0 Å². The van der Waals surface area contributed by atoms with Crippen molar-refractivity contribution in [2.75, 3.05) is 6.61 Å². The van der Waals surface area contributed by atoms with Crippen LogP contribution in [-0.2, 0) is 15.0 Å². The average Bonchev–Trinajstić information content (AvgIpc) is 2.35. The van der Waals surface area contributed by atoms with Crippen LogP contribution in [-0.4, -0.2) is 34.7 Å². The van der Waals surface area contributed by atoms with Crippen LogP contribution < -0.4 is 5.32 Å². The number of carbonyl (C=O) groups is 2. The van der Waals surface area contributed by atoms with Gasteiger partial charge in [-0.3, -0.25) is 4.79 Å². The molecule has 0 bridgehead atoms. The van der Waals surface area contributed by atoms with E-state index in [2.05, 4.69) is 5.32 Å². The third kappa shape index (κ3) is 2.46. The molecule has 1 atom stereocenters. The predicted molar refractivity (Wildman–Crippen MR) is 68.6 cm³/mol. The van der Waals surface area contributed by atoms with Gasteiger partial charge in [0.25, 0.3) is 0 Å². The quantitative estimate of drug-likeness (QED) is 0.728. The molecule has 19 heavy (non-hydrogen) atoms. The van der Waals surface area contributed by atoms with Crippen molar-refractivity contribution in [2.45, 2.75) is 30.7 Å². The highest BCUT2D eigenvalue weighted by atomic mass is 16.4. The second-order valence-corrected chi connectivity index (χ2v) is 4.85. The molecule has 1 unspecified atom stereocenters. The molecular weight excluding hydrogens is 246 g/mol. The maximum atomic E-state index is 12.3. The Hall–Kier alpha value is -1.88. The van der Waals surface area contributed by atoms with Gasteiger partial charge in [-0.25, -0.2) is 4.79 Å². The predicted octanol–water partition coefficient (Wildman–Crippen LogP) is 0.670. The van der Waals surface area contributed by atoms with Crippen molar-refractivity contribution in [3.63, 3.8) is 0 Å². The average molecular weight is 263 g/mol. The Morgan fingerprint density at radius 1 is 1.26 bits per heavy atom. The summed E-state index contributed by atoms with van der Waals surface area (Å²) in [5.41, 5.74) is 0.269. The molecule has 5 nitrogen and oxygen atoms in total. The SMILES string of the molecule is O=C(O)C(CO)NC(=O)C1(c2ccccc2)CCC1. The van der Waals surface area contributed by atoms with Crippen molar-refractivity contribution in [1.82, 2.24) is 5.32 Å². The molecule has 1 aliphatic rings. The minimum absolute atomic E-state index is 0.314. The lowest BCUT2D eigenvalue weighted by molar-refractivity contribution is -0.144. The van der Waals surface area contributed by atoms with Crippen LogP contribution in [0.4, 0.5) is 0 Å². The van der Waals surface area contributed by atoms with Crippen molar-refractivity contribution >= 4 is 11.9 Å². The molecule has 1 amide bonds. The van der Waals surface area contributed by atoms with E-state index in [0.29, 0.717) is 12.8 Å². The highest BCUT2D eigenvalue weighted by Gasteiger charge is 2.46. The number of carbonyl (C=O) groups excluding carboxylic acids is 1. The first kappa shape index (κ1) is 13.5. The molecule has 2 rings (SSSR count). The van der Waals surface area contributed by atoms with Gasteiger partial charge in [0.1, 0.15) is 6.04 Å². The van der Waals surface area contributed by atoms with Crippen molar-refractivity contribution in [2.24, 2.45) is 0 Å². The van der Waals surface area contributed by atoms with Crippen LogP contribution in [0.2, 0.25) is 0 Å². The number of hydrogen-bond donors (Lipinski definition) is 3. The monoisotopic (exact) mass is 263 g/mol. The van der Waals surface area contributed by atoms with Crippen molar-refractivity contribution in [3.05, 3.63) is 35.9 Å². The van der Waals surface area contributed by atoms with Gasteiger partial charge in [-0.1, -0.05) is 36.8 Å². The maximum absolute atomic E-state index is 12.3. The fraction of sp³-hybridized carbons (Fsp3) is 0.429. The van der Waals surface area contributed by atoms with E-state index < -0.39 is 24.0 Å². The molecule has 3 N–H and O–H groups in total. The summed E-state index contributed by atoms with van der Waals surface area (Å²) in [6.07, 6.45) is 2.36. The zero-order valence-corrected chi connectivity index (χ0v) is 10.5. The zero-order chi connectivity index (χ0) is 13.9. The first-order chi connectivity index (χ1) is 9.10. The van der Waals surface area contributed by atoms with Crippen molar-refractivity contribution in [1.29, 1.82) is 0 Å². The summed E-state index contributed by atoms with van der Waals surface area (Å²) in [5, 5.41) is 20.3. The van der Waals surface area contributed by atoms with Crippen LogP contribution in [0.15, 0.2) is 30.3 Å². The second-order valence-electron chi connectivity index (χ2n) is 4.85. The molecule has 0 heterocycles. The first-order valence-electron chi connectivity index (χ1n) is 6.30. The number of nitrogens with one attached hydrogen (secondary N) is 1. The lowest BCUT2D eigenvalue weighted by Crippen LogP contribution is -2.54. The summed E-state index contributed by atoms with van der Waals surface area (Å²) < 4.78 is 0. The molecule has 0 aliphatic heterocycles. The van der Waals surface area contributed by atoms with Crippen LogP contribution in [0.5, 0.6) is 0 Å². The molecule has 0 spiro atoms. The number of hydrogen-bond acceptors (Lipinski definition) is 3. The Morgan fingerprint density at radius 2 is 1.89 bits per heavy atom. The molecule has 0 radical (unpaired) electrons. The number of carboxylic acids is 1. The van der Waals surface area contributed by atoms with Crippen LogP contribution in [0, 0.1) is 0 Å². The molecule has 1 fully saturated rings. The molecule has 0 aromatic heterocycles. The Kier molecular flexibility index (Phi) is 3.85. The summed E-state index contributed by atoms with van der Waals surface area (Å²) in [4.78, 5) is 23.2. The van der Waals surface area contributed by atoms with Crippen LogP contribution >= 0.6 is 0 Å². The van der Waals surface area contributed by atoms with Gasteiger partial charge in [-0.05, 0) is 18.4 Å². The minimum atomic E-state index is -1.24. The first-order valence-corrected chi connectivity index (χ1v) is 6.30. The van der Waals surface area contributed by atoms with E-state index in [1.54, 1.807) is 0 Å². The lowest BCUT2D eigenvalue weighted by atomic mass is 9.63. The topological polar surface area (TPSA) is 86.6 Å². The summed E-state index contributed by atoms with van der Waals surface area (Å²) in [6.45, 7) is -0.605. The highest BCUT2D eigenvalue weighted by molar-refractivity contribution is 5.92. The lowest BCUT2D eigenvalue weighted by Gasteiger charge is -2.41. The van der Waals surface area contributed by atoms with Crippen molar-refractivity contribution in [3.8, 4) is 0 Å². The summed E-state index contributed by atoms with van der Waals surface area (Å²) in [5.74, 6) is -1.54. The van der Waals surface area contributed by atoms with Gasteiger partial charge >= 0.3 is 5.97 Å². The highest BCUT2D eigenvalue weighted by Crippen LogP contribution is 2.43. The minimum Gasteiger partial charge on any atom is -0.480 e. The summed E-state index contributed by atoms with van der Waals surface area (Å²) in [7, 11) is 0. The van der Waals surface area contributed by atoms with Gasteiger partial charge < -0.3 is 15.5 Å². The maximum Gasteiger partial charge on any atom is 0.328 e. The van der Waals surface area contributed by atoms with E-state index in [1.807, 2.05) is 30.3 Å². The Labute approximate surface area is 111 Å². The molecule has 1 aromatic carbocycles. The number of aliphatic hydroxyl groups is 1. The molecule has 0 saturated heterocycles. The zero-order valence-electron chi connectivity index (χ0n) is 10.5. The van der Waals surface area contributed by atoms with Crippen molar-refractivity contribution < 1.29 is 19.8 Å². The summed E-state index contributed by atoms with van der Waals surface area (Å²) in [6, 6.07) is 8.13. The van der Waals surface area contributed by atoms with E-state index >= 15 is 0 Å². The van der Waals surface area contributed by atoms with Gasteiger partial charge in [0, 0.05) is 0 Å². The van der Waals surface area contributed by atoms with Crippen LogP contribution in [0.25, 0.3) is 0 Å². The van der Waals surface area contributed by atoms with Gasteiger partial charge in [0.05, 0.1) is 12.0 Å². The third-order valence-corrected chi connectivity index (χ3v) is 3.75. The molecule has 5 heteroatoms. The fourth-order valence-corrected chi connectivity index (χ4v) is 2.42. The van der Waals surface area contributed by atoms with E-state index in [9.17, 15) is 9.59 Å². The molecule has 1 aliphatic carbocycles. The molecular formula is C14H17NO4. The molecule has 1 aromatic rings. The fourth-order valence-electron chi connectivity index (χ4n) is 2.42. The number of amides is 1. The van der Waals surface area contributed by atoms with E-state index in [1.165, 1.54) is 0 Å². The smallest absolute Gasteiger partial charge is 0.328 e. The van der Waals surface area contributed by atoms with E-state index in [4.69, 9.17) is 10.2 Å². The Morgan fingerprint density at radius 3 is 2.32 bits per heavy atom. The molecule has 1 saturated carbocycles. The number of carboxylic acid groups (broad SMARTS) is 1. The largest absolute Gasteiger partial charge is 0.480 e. The Balaban J connectivity index is 2.18. The van der Waals surface area contributed by atoms with E-state index in [0.717, 1.165) is 12.0 Å². The number of aliphatic hydroxyl groups excluding tert-OH is 1. The van der Waals surface area contributed by atoms with Gasteiger partial charge in [-0.15, -0.1) is 0 Å². The second kappa shape index (κ2) is 5.40. The normalized spacial score (nSPS) is 18.2.